The molecule has 43 heavy (non-hydrogen) atoms. The van der Waals surface area contributed by atoms with Crippen LogP contribution in [0.25, 0.3) is 0 Å². The topological polar surface area (TPSA) is 88.5 Å². The number of nitrogens with one attached hydrogen (secondary N) is 1. The summed E-state index contributed by atoms with van der Waals surface area (Å²) >= 11 is 2.18. The summed E-state index contributed by atoms with van der Waals surface area (Å²) in [5, 5.41) is 2.45. The second-order valence-corrected chi connectivity index (χ2v) is 14.1. The molecule has 3 amide bonds. The Hall–Kier alpha value is -4.02. The van der Waals surface area contributed by atoms with Crippen molar-refractivity contribution in [2.75, 3.05) is 10.2 Å². The lowest BCUT2D eigenvalue weighted by Crippen LogP contribution is -2.33. The molecule has 1 fully saturated rings. The molecule has 0 saturated carbocycles. The Morgan fingerprint density at radius 2 is 1.56 bits per heavy atom. The maximum absolute atomic E-state index is 14.1. The first kappa shape index (κ1) is 29.1. The third-order valence-corrected chi connectivity index (χ3v) is 10.5. The molecule has 0 bridgehead atoms. The summed E-state index contributed by atoms with van der Waals surface area (Å²) in [4.78, 5) is 55.9. The van der Waals surface area contributed by atoms with Gasteiger partial charge in [-0.3, -0.25) is 23.7 Å². The number of thioether (sulfide) groups is 1. The molecular formula is C33H30FN3O4S2. The molecule has 3 aromatic carbocycles. The smallest absolute Gasteiger partial charge is 0.308 e. The van der Waals surface area contributed by atoms with E-state index in [9.17, 15) is 23.6 Å². The van der Waals surface area contributed by atoms with Crippen molar-refractivity contribution in [1.82, 2.24) is 4.57 Å². The third-order valence-electron chi connectivity index (χ3n) is 7.91. The molecule has 2 aliphatic rings. The van der Waals surface area contributed by atoms with Crippen molar-refractivity contribution in [2.45, 2.75) is 55.8 Å². The predicted molar refractivity (Wildman–Crippen MR) is 167 cm³/mol. The first-order valence-corrected chi connectivity index (χ1v) is 15.6. The molecule has 2 aliphatic heterocycles. The van der Waals surface area contributed by atoms with Crippen molar-refractivity contribution in [3.05, 3.63) is 110 Å². The Morgan fingerprint density at radius 1 is 0.907 bits per heavy atom. The zero-order chi connectivity index (χ0) is 30.6. The van der Waals surface area contributed by atoms with E-state index < -0.39 is 28.8 Å². The van der Waals surface area contributed by atoms with Gasteiger partial charge in [0.25, 0.3) is 0 Å². The summed E-state index contributed by atoms with van der Waals surface area (Å²) in [5.74, 6) is -2.79. The van der Waals surface area contributed by atoms with Crippen molar-refractivity contribution in [3.8, 4) is 0 Å². The number of hydrogen-bond acceptors (Lipinski definition) is 6. The number of carbonyl (C=O) groups is 3. The van der Waals surface area contributed by atoms with Crippen LogP contribution >= 0.6 is 23.1 Å². The van der Waals surface area contributed by atoms with Crippen LogP contribution < -0.4 is 15.1 Å². The molecule has 4 aromatic rings. The molecule has 220 valence electrons. The van der Waals surface area contributed by atoms with Crippen molar-refractivity contribution in [1.29, 1.82) is 0 Å². The predicted octanol–water partition coefficient (Wildman–Crippen LogP) is 6.09. The van der Waals surface area contributed by atoms with Crippen molar-refractivity contribution in [3.63, 3.8) is 0 Å². The largest absolute Gasteiger partial charge is 0.325 e. The number of thiazole rings is 1. The summed E-state index contributed by atoms with van der Waals surface area (Å²) in [6.45, 7) is 8.01. The van der Waals surface area contributed by atoms with Crippen molar-refractivity contribution < 1.29 is 18.8 Å². The Kier molecular flexibility index (Phi) is 7.38. The van der Waals surface area contributed by atoms with Gasteiger partial charge in [-0.15, -0.1) is 0 Å². The van der Waals surface area contributed by atoms with E-state index in [1.165, 1.54) is 45.5 Å². The van der Waals surface area contributed by atoms with Gasteiger partial charge in [-0.2, -0.15) is 0 Å². The van der Waals surface area contributed by atoms with E-state index >= 15 is 0 Å². The number of halogens is 1. The zero-order valence-electron chi connectivity index (χ0n) is 24.1. The SMILES string of the molecule is Cc1ccc(N2C(=O)[C@@H]3[C@H](c4ccc(C(C)(C)C)cc4)c4sc(=O)n(CC(=O)Nc5ccc(F)cc5)c4S[C@@H]3C2=O)cc1. The highest BCUT2D eigenvalue weighted by molar-refractivity contribution is 8.00. The number of hydrogen-bond donors (Lipinski definition) is 1. The third kappa shape index (κ3) is 5.34. The summed E-state index contributed by atoms with van der Waals surface area (Å²) in [5.41, 5.74) is 3.80. The number of benzene rings is 3. The zero-order valence-corrected chi connectivity index (χ0v) is 25.7. The lowest BCUT2D eigenvalue weighted by molar-refractivity contribution is -0.122. The van der Waals surface area contributed by atoms with E-state index in [-0.39, 0.29) is 28.6 Å². The maximum Gasteiger partial charge on any atom is 0.308 e. The molecule has 1 N–H and O–H groups in total. The van der Waals surface area contributed by atoms with Gasteiger partial charge >= 0.3 is 4.87 Å². The fourth-order valence-electron chi connectivity index (χ4n) is 5.63. The number of amides is 3. The number of aryl methyl sites for hydroxylation is 1. The molecule has 3 atom stereocenters. The van der Waals surface area contributed by atoms with E-state index in [2.05, 4.69) is 26.1 Å². The molecular weight excluding hydrogens is 586 g/mol. The molecule has 0 unspecified atom stereocenters. The first-order chi connectivity index (χ1) is 20.4. The van der Waals surface area contributed by atoms with Gasteiger partial charge in [0.05, 0.1) is 16.6 Å². The normalized spacial score (nSPS) is 19.7. The quantitative estimate of drug-likeness (QED) is 0.275. The van der Waals surface area contributed by atoms with E-state index in [0.717, 1.165) is 28.0 Å². The summed E-state index contributed by atoms with van der Waals surface area (Å²) in [6.07, 6.45) is 0. The highest BCUT2D eigenvalue weighted by Crippen LogP contribution is 2.54. The lowest BCUT2D eigenvalue weighted by Gasteiger charge is -2.31. The summed E-state index contributed by atoms with van der Waals surface area (Å²) < 4.78 is 14.7. The number of rotatable bonds is 5. The highest BCUT2D eigenvalue weighted by Gasteiger charge is 2.56. The van der Waals surface area contributed by atoms with Crippen LogP contribution in [-0.2, 0) is 26.3 Å². The molecule has 3 heterocycles. The van der Waals surface area contributed by atoms with Gasteiger partial charge in [0.15, 0.2) is 0 Å². The van der Waals surface area contributed by atoms with Crippen LogP contribution in [0.3, 0.4) is 0 Å². The lowest BCUT2D eigenvalue weighted by atomic mass is 9.81. The van der Waals surface area contributed by atoms with E-state index in [4.69, 9.17) is 0 Å². The average molecular weight is 616 g/mol. The van der Waals surface area contributed by atoms with Crippen LogP contribution in [0.15, 0.2) is 82.6 Å². The second kappa shape index (κ2) is 10.9. The minimum absolute atomic E-state index is 0.0813. The maximum atomic E-state index is 14.1. The van der Waals surface area contributed by atoms with Crippen LogP contribution in [0.5, 0.6) is 0 Å². The van der Waals surface area contributed by atoms with Gasteiger partial charge in [0, 0.05) is 16.5 Å². The Bertz CT molecular complexity index is 1790. The van der Waals surface area contributed by atoms with Crippen LogP contribution in [0.2, 0.25) is 0 Å². The molecule has 10 heteroatoms. The van der Waals surface area contributed by atoms with Gasteiger partial charge in [0.1, 0.15) is 17.6 Å². The van der Waals surface area contributed by atoms with Crippen molar-refractivity contribution >= 4 is 52.2 Å². The molecule has 7 nitrogen and oxygen atoms in total. The summed E-state index contributed by atoms with van der Waals surface area (Å²) in [7, 11) is 0. The van der Waals surface area contributed by atoms with Crippen molar-refractivity contribution in [2.24, 2.45) is 5.92 Å². The molecule has 0 spiro atoms. The Balaban J connectivity index is 1.41. The standard InChI is InChI=1S/C33H30FN3O4S2/c1-18-5-15-23(16-6-18)37-29(39)26-25(19-7-9-20(10-8-19)33(2,3)4)28-31(42-27(26)30(37)40)36(32(41)43-28)17-24(38)35-22-13-11-21(34)12-14-22/h5-16,25-27H,17H2,1-4H3,(H,35,38)/t25-,26+,27-/m0/s1. The number of anilines is 2. The van der Waals surface area contributed by atoms with Crippen LogP contribution in [0, 0.1) is 18.7 Å². The van der Waals surface area contributed by atoms with Crippen LogP contribution in [0.1, 0.15) is 48.3 Å². The van der Waals surface area contributed by atoms with Crippen LogP contribution in [0.4, 0.5) is 15.8 Å². The van der Waals surface area contributed by atoms with Gasteiger partial charge in [0.2, 0.25) is 17.7 Å². The fourth-order valence-corrected chi connectivity index (χ4v) is 8.40. The summed E-state index contributed by atoms with van der Waals surface area (Å²) in [6, 6.07) is 20.6. The molecule has 0 aliphatic carbocycles. The minimum Gasteiger partial charge on any atom is -0.325 e. The Morgan fingerprint density at radius 3 is 2.19 bits per heavy atom. The highest BCUT2D eigenvalue weighted by atomic mass is 32.2. The minimum atomic E-state index is -0.769. The molecule has 0 radical (unpaired) electrons. The van der Waals surface area contributed by atoms with E-state index in [0.29, 0.717) is 21.3 Å². The van der Waals surface area contributed by atoms with E-state index in [1.807, 2.05) is 43.3 Å². The number of carbonyl (C=O) groups excluding carboxylic acids is 3. The van der Waals surface area contributed by atoms with E-state index in [1.54, 1.807) is 12.1 Å². The number of aromatic nitrogens is 1. The average Bonchev–Trinajstić information content (AvgIpc) is 3.40. The molecule has 6 rings (SSSR count). The second-order valence-electron chi connectivity index (χ2n) is 11.9. The molecule has 1 aromatic heterocycles. The fraction of sp³-hybridized carbons (Fsp3) is 0.273. The van der Waals surface area contributed by atoms with Gasteiger partial charge in [-0.05, 0) is 59.9 Å². The first-order valence-electron chi connectivity index (χ1n) is 13.9. The number of fused-ring (bicyclic) bond motifs is 2. The number of imide groups is 1. The van der Waals surface area contributed by atoms with Crippen LogP contribution in [-0.4, -0.2) is 27.5 Å². The number of nitrogens with zero attached hydrogens (tertiary/aromatic N) is 2. The monoisotopic (exact) mass is 615 g/mol. The van der Waals surface area contributed by atoms with Gasteiger partial charge < -0.3 is 5.32 Å². The van der Waals surface area contributed by atoms with Gasteiger partial charge in [-0.25, -0.2) is 9.29 Å². The van der Waals surface area contributed by atoms with Gasteiger partial charge in [-0.1, -0.05) is 85.8 Å². The molecule has 1 saturated heterocycles. The Labute approximate surface area is 256 Å².